The van der Waals surface area contributed by atoms with Crippen molar-refractivity contribution in [3.63, 3.8) is 0 Å². The van der Waals surface area contributed by atoms with Crippen molar-refractivity contribution in [1.29, 1.82) is 0 Å². The molecule has 0 nitrogen and oxygen atoms in total. The summed E-state index contributed by atoms with van der Waals surface area (Å²) in [6.45, 7) is 6.45. The molecule has 0 saturated carbocycles. The third-order valence-corrected chi connectivity index (χ3v) is 2.33. The number of hydrogen-bond acceptors (Lipinski definition) is 0. The smallest absolute Gasteiger partial charge is 0.0193 e. The molecule has 0 N–H and O–H groups in total. The fraction of sp³-hybridized carbons (Fsp3) is 0.273. The van der Waals surface area contributed by atoms with Crippen molar-refractivity contribution in [2.24, 2.45) is 0 Å². The maximum Gasteiger partial charge on any atom is -0.0193 e. The van der Waals surface area contributed by atoms with Gasteiger partial charge in [-0.15, -0.1) is 0 Å². The number of aryl methyl sites for hydroxylation is 3. The van der Waals surface area contributed by atoms with Crippen LogP contribution in [0.15, 0.2) is 16.2 Å². The molecular formula is C11H13I. The van der Waals surface area contributed by atoms with Crippen LogP contribution in [0, 0.1) is 20.8 Å². The van der Waals surface area contributed by atoms with Crippen LogP contribution < -0.4 is 0 Å². The fourth-order valence-electron chi connectivity index (χ4n) is 1.52. The van der Waals surface area contributed by atoms with Gasteiger partial charge < -0.3 is 0 Å². The summed E-state index contributed by atoms with van der Waals surface area (Å²) < 4.78 is 2.06. The van der Waals surface area contributed by atoms with Gasteiger partial charge in [0.25, 0.3) is 0 Å². The number of rotatable bonds is 1. The average Bonchev–Trinajstić information content (AvgIpc) is 1.96. The Morgan fingerprint density at radius 1 is 1.08 bits per heavy atom. The molecule has 64 valence electrons. The van der Waals surface area contributed by atoms with Crippen molar-refractivity contribution in [1.82, 2.24) is 0 Å². The highest BCUT2D eigenvalue weighted by Crippen LogP contribution is 2.18. The zero-order valence-electron chi connectivity index (χ0n) is 7.69. The molecule has 0 aliphatic heterocycles. The molecule has 0 amide bonds. The Morgan fingerprint density at radius 2 is 1.58 bits per heavy atom. The zero-order chi connectivity index (χ0) is 9.14. The predicted molar refractivity (Wildman–Crippen MR) is 63.7 cm³/mol. The lowest BCUT2D eigenvalue weighted by Gasteiger charge is -2.06. The second-order valence-corrected chi connectivity index (χ2v) is 3.82. The molecule has 0 aliphatic rings. The Kier molecular flexibility index (Phi) is 3.32. The number of hydrogen-bond donors (Lipinski definition) is 0. The summed E-state index contributed by atoms with van der Waals surface area (Å²) >= 11 is 2.25. The first kappa shape index (κ1) is 9.78. The predicted octanol–water partition coefficient (Wildman–Crippen LogP) is 4.02. The lowest BCUT2D eigenvalue weighted by Crippen LogP contribution is -1.87. The molecule has 0 heterocycles. The second kappa shape index (κ2) is 4.08. The topological polar surface area (TPSA) is 0 Å². The van der Waals surface area contributed by atoms with Crippen LogP contribution in [0.5, 0.6) is 0 Å². The molecule has 0 aromatic heterocycles. The highest BCUT2D eigenvalue weighted by Gasteiger charge is 1.98. The lowest BCUT2D eigenvalue weighted by molar-refractivity contribution is 1.30. The summed E-state index contributed by atoms with van der Waals surface area (Å²) in [4.78, 5) is 0. The van der Waals surface area contributed by atoms with Crippen molar-refractivity contribution in [2.75, 3.05) is 0 Å². The van der Waals surface area contributed by atoms with Crippen LogP contribution >= 0.6 is 22.6 Å². The minimum absolute atomic E-state index is 1.34. The van der Waals surface area contributed by atoms with Gasteiger partial charge in [-0.05, 0) is 47.6 Å². The van der Waals surface area contributed by atoms with Crippen LogP contribution in [0.3, 0.4) is 0 Å². The van der Waals surface area contributed by atoms with Gasteiger partial charge >= 0.3 is 0 Å². The highest BCUT2D eigenvalue weighted by molar-refractivity contribution is 14.1. The van der Waals surface area contributed by atoms with Gasteiger partial charge in [-0.3, -0.25) is 0 Å². The Balaban J connectivity index is 3.28. The standard InChI is InChI=1S/C11H13I/c1-8-6-9(2)11(4-5-12)10(3)7-8/h4-7H,1-3H3/b5-4+. The lowest BCUT2D eigenvalue weighted by atomic mass is 10.0. The van der Waals surface area contributed by atoms with Gasteiger partial charge in [-0.1, -0.05) is 40.3 Å². The minimum atomic E-state index is 1.34. The summed E-state index contributed by atoms with van der Waals surface area (Å²) in [5.74, 6) is 0. The van der Waals surface area contributed by atoms with E-state index < -0.39 is 0 Å². The Labute approximate surface area is 87.8 Å². The Hall–Kier alpha value is -0.310. The molecule has 0 aliphatic carbocycles. The largest absolute Gasteiger partial charge is 0.0558 e. The first-order valence-electron chi connectivity index (χ1n) is 3.99. The molecule has 0 atom stereocenters. The quantitative estimate of drug-likeness (QED) is 0.677. The van der Waals surface area contributed by atoms with E-state index in [4.69, 9.17) is 0 Å². The monoisotopic (exact) mass is 272 g/mol. The molecule has 1 rings (SSSR count). The van der Waals surface area contributed by atoms with Gasteiger partial charge in [-0.2, -0.15) is 0 Å². The van der Waals surface area contributed by atoms with Gasteiger partial charge in [0.15, 0.2) is 0 Å². The fourth-order valence-corrected chi connectivity index (χ4v) is 1.88. The van der Waals surface area contributed by atoms with Crippen molar-refractivity contribution >= 4 is 28.7 Å². The van der Waals surface area contributed by atoms with Crippen molar-refractivity contribution < 1.29 is 0 Å². The molecule has 0 bridgehead atoms. The maximum atomic E-state index is 2.25. The Bertz CT molecular complexity index is 288. The van der Waals surface area contributed by atoms with Crippen molar-refractivity contribution in [3.8, 4) is 0 Å². The van der Waals surface area contributed by atoms with Gasteiger partial charge in [0.1, 0.15) is 0 Å². The maximum absolute atomic E-state index is 2.25. The molecule has 0 spiro atoms. The SMILES string of the molecule is Cc1cc(C)c(/C=C/I)c(C)c1. The van der Waals surface area contributed by atoms with E-state index in [-0.39, 0.29) is 0 Å². The van der Waals surface area contributed by atoms with E-state index in [1.54, 1.807) is 0 Å². The van der Waals surface area contributed by atoms with Gasteiger partial charge in [0.2, 0.25) is 0 Å². The molecule has 0 fully saturated rings. The normalized spacial score (nSPS) is 11.0. The molecule has 12 heavy (non-hydrogen) atoms. The van der Waals surface area contributed by atoms with Gasteiger partial charge in [-0.25, -0.2) is 0 Å². The van der Waals surface area contributed by atoms with E-state index in [1.807, 2.05) is 0 Å². The third kappa shape index (κ3) is 2.09. The molecule has 0 saturated heterocycles. The Morgan fingerprint density at radius 3 is 2.00 bits per heavy atom. The minimum Gasteiger partial charge on any atom is -0.0558 e. The molecular weight excluding hydrogens is 259 g/mol. The second-order valence-electron chi connectivity index (χ2n) is 3.11. The van der Waals surface area contributed by atoms with E-state index in [9.17, 15) is 0 Å². The van der Waals surface area contributed by atoms with E-state index in [0.29, 0.717) is 0 Å². The van der Waals surface area contributed by atoms with Crippen LogP contribution in [0.1, 0.15) is 22.3 Å². The van der Waals surface area contributed by atoms with Crippen LogP contribution in [-0.4, -0.2) is 0 Å². The first-order chi connectivity index (χ1) is 5.65. The van der Waals surface area contributed by atoms with Crippen molar-refractivity contribution in [3.05, 3.63) is 38.5 Å². The summed E-state index contributed by atoms with van der Waals surface area (Å²) in [5, 5.41) is 0. The molecule has 1 aromatic carbocycles. The van der Waals surface area contributed by atoms with Gasteiger partial charge in [0.05, 0.1) is 0 Å². The molecule has 1 aromatic rings. The van der Waals surface area contributed by atoms with Gasteiger partial charge in [0, 0.05) is 0 Å². The summed E-state index contributed by atoms with van der Waals surface area (Å²) in [7, 11) is 0. The van der Waals surface area contributed by atoms with Crippen LogP contribution in [-0.2, 0) is 0 Å². The number of benzene rings is 1. The zero-order valence-corrected chi connectivity index (χ0v) is 9.84. The van der Waals surface area contributed by atoms with Crippen LogP contribution in [0.4, 0.5) is 0 Å². The third-order valence-electron chi connectivity index (χ3n) is 1.97. The van der Waals surface area contributed by atoms with Crippen LogP contribution in [0.2, 0.25) is 0 Å². The van der Waals surface area contributed by atoms with E-state index in [0.717, 1.165) is 0 Å². The van der Waals surface area contributed by atoms with Crippen LogP contribution in [0.25, 0.3) is 6.08 Å². The molecule has 0 radical (unpaired) electrons. The van der Waals surface area contributed by atoms with Crippen molar-refractivity contribution in [2.45, 2.75) is 20.8 Å². The average molecular weight is 272 g/mol. The molecule has 1 heteroatoms. The number of halogens is 1. The van der Waals surface area contributed by atoms with E-state index in [1.165, 1.54) is 22.3 Å². The summed E-state index contributed by atoms with van der Waals surface area (Å²) in [6.07, 6.45) is 2.16. The first-order valence-corrected chi connectivity index (χ1v) is 5.24. The van der Waals surface area contributed by atoms with E-state index in [2.05, 4.69) is 65.7 Å². The molecule has 0 unspecified atom stereocenters. The highest BCUT2D eigenvalue weighted by atomic mass is 127. The summed E-state index contributed by atoms with van der Waals surface area (Å²) in [6, 6.07) is 4.44. The van der Waals surface area contributed by atoms with E-state index >= 15 is 0 Å². The summed E-state index contributed by atoms with van der Waals surface area (Å²) in [5.41, 5.74) is 5.42.